The molecule has 3 aromatic heterocycles. The first-order valence-electron chi connectivity index (χ1n) is 5.97. The van der Waals surface area contributed by atoms with Gasteiger partial charge in [0.2, 0.25) is 0 Å². The van der Waals surface area contributed by atoms with Crippen molar-refractivity contribution in [2.75, 3.05) is 4.90 Å². The lowest BCUT2D eigenvalue weighted by Crippen LogP contribution is -2.22. The third kappa shape index (κ3) is 2.82. The van der Waals surface area contributed by atoms with Crippen LogP contribution in [0, 0.1) is 0 Å². The number of anilines is 1. The molecule has 0 aliphatic heterocycles. The van der Waals surface area contributed by atoms with Crippen molar-refractivity contribution in [1.29, 1.82) is 0 Å². The van der Waals surface area contributed by atoms with Crippen molar-refractivity contribution in [3.8, 4) is 0 Å². The molecule has 0 saturated heterocycles. The van der Waals surface area contributed by atoms with Gasteiger partial charge in [0.1, 0.15) is 17.3 Å². The molecule has 19 heavy (non-hydrogen) atoms. The molecule has 0 amide bonds. The zero-order valence-corrected chi connectivity index (χ0v) is 10.3. The topological polar surface area (TPSA) is 55.3 Å². The number of hydrogen-bond donors (Lipinski definition) is 0. The molecule has 96 valence electrons. The van der Waals surface area contributed by atoms with E-state index < -0.39 is 0 Å². The Hall–Kier alpha value is -2.56. The minimum Gasteiger partial charge on any atom is -0.467 e. The molecule has 5 heteroatoms. The number of rotatable bonds is 5. The molecule has 0 saturated carbocycles. The molecule has 0 spiro atoms. The van der Waals surface area contributed by atoms with Gasteiger partial charge in [-0.2, -0.15) is 0 Å². The molecule has 0 unspecified atom stereocenters. The number of furan rings is 2. The van der Waals surface area contributed by atoms with Gasteiger partial charge < -0.3 is 13.7 Å². The molecular weight excluding hydrogens is 242 g/mol. The molecule has 0 atom stereocenters. The summed E-state index contributed by atoms with van der Waals surface area (Å²) < 4.78 is 10.8. The molecule has 0 bridgehead atoms. The smallest absolute Gasteiger partial charge is 0.147 e. The van der Waals surface area contributed by atoms with Crippen LogP contribution < -0.4 is 4.90 Å². The van der Waals surface area contributed by atoms with Gasteiger partial charge in [0.25, 0.3) is 0 Å². The van der Waals surface area contributed by atoms with Gasteiger partial charge in [-0.05, 0) is 24.3 Å². The van der Waals surface area contributed by atoms with E-state index in [-0.39, 0.29) is 0 Å². The predicted octanol–water partition coefficient (Wildman–Crippen LogP) is 2.87. The molecule has 5 nitrogen and oxygen atoms in total. The Morgan fingerprint density at radius 3 is 2.11 bits per heavy atom. The van der Waals surface area contributed by atoms with Crippen LogP contribution in [0.2, 0.25) is 0 Å². The van der Waals surface area contributed by atoms with E-state index in [0.717, 1.165) is 17.3 Å². The van der Waals surface area contributed by atoms with Gasteiger partial charge in [-0.3, -0.25) is 4.98 Å². The maximum absolute atomic E-state index is 5.38. The number of hydrogen-bond acceptors (Lipinski definition) is 5. The maximum Gasteiger partial charge on any atom is 0.147 e. The van der Waals surface area contributed by atoms with Gasteiger partial charge in [0.05, 0.1) is 31.8 Å². The van der Waals surface area contributed by atoms with Crippen molar-refractivity contribution in [2.24, 2.45) is 0 Å². The molecule has 0 N–H and O–H groups in total. The zero-order chi connectivity index (χ0) is 12.9. The minimum atomic E-state index is 0.617. The van der Waals surface area contributed by atoms with Crippen LogP contribution in [0.3, 0.4) is 0 Å². The first-order valence-corrected chi connectivity index (χ1v) is 5.97. The molecule has 0 radical (unpaired) electrons. The SMILES string of the molecule is c1coc(CN(Cc2ccco2)c2cnccn2)c1. The normalized spacial score (nSPS) is 10.5. The summed E-state index contributed by atoms with van der Waals surface area (Å²) in [6.45, 7) is 1.23. The van der Waals surface area contributed by atoms with Crippen molar-refractivity contribution in [2.45, 2.75) is 13.1 Å². The number of aromatic nitrogens is 2. The molecule has 0 aromatic carbocycles. The highest BCUT2D eigenvalue weighted by atomic mass is 16.3. The molecule has 3 rings (SSSR count). The van der Waals surface area contributed by atoms with Crippen molar-refractivity contribution in [1.82, 2.24) is 9.97 Å². The van der Waals surface area contributed by atoms with Gasteiger partial charge in [-0.25, -0.2) is 4.98 Å². The Morgan fingerprint density at radius 1 is 0.947 bits per heavy atom. The lowest BCUT2D eigenvalue weighted by atomic mass is 10.3. The minimum absolute atomic E-state index is 0.617. The largest absolute Gasteiger partial charge is 0.467 e. The monoisotopic (exact) mass is 255 g/mol. The van der Waals surface area contributed by atoms with Gasteiger partial charge >= 0.3 is 0 Å². The summed E-state index contributed by atoms with van der Waals surface area (Å²) in [4.78, 5) is 10.5. The van der Waals surface area contributed by atoms with Crippen molar-refractivity contribution < 1.29 is 8.83 Å². The highest BCUT2D eigenvalue weighted by molar-refractivity contribution is 5.36. The molecular formula is C14H13N3O2. The average Bonchev–Trinajstić information content (AvgIpc) is 3.12. The molecule has 0 fully saturated rings. The van der Waals surface area contributed by atoms with Crippen LogP contribution in [0.5, 0.6) is 0 Å². The Bertz CT molecular complexity index is 555. The average molecular weight is 255 g/mol. The fraction of sp³-hybridized carbons (Fsp3) is 0.143. The highest BCUT2D eigenvalue weighted by Crippen LogP contribution is 2.17. The third-order valence-corrected chi connectivity index (χ3v) is 2.73. The van der Waals surface area contributed by atoms with Crippen LogP contribution in [-0.2, 0) is 13.1 Å². The van der Waals surface area contributed by atoms with Gasteiger partial charge in [0, 0.05) is 12.4 Å². The third-order valence-electron chi connectivity index (χ3n) is 2.73. The van der Waals surface area contributed by atoms with Gasteiger partial charge in [0.15, 0.2) is 0 Å². The number of nitrogens with zero attached hydrogens (tertiary/aromatic N) is 3. The first-order chi connectivity index (χ1) is 9.42. The molecule has 0 aliphatic carbocycles. The van der Waals surface area contributed by atoms with E-state index in [1.54, 1.807) is 31.1 Å². The second-order valence-electron chi connectivity index (χ2n) is 4.08. The summed E-state index contributed by atoms with van der Waals surface area (Å²) >= 11 is 0. The second-order valence-corrected chi connectivity index (χ2v) is 4.08. The molecule has 0 aliphatic rings. The van der Waals surface area contributed by atoms with E-state index in [0.29, 0.717) is 13.1 Å². The van der Waals surface area contributed by atoms with E-state index in [2.05, 4.69) is 9.97 Å². The quantitative estimate of drug-likeness (QED) is 0.701. The summed E-state index contributed by atoms with van der Waals surface area (Å²) in [7, 11) is 0. The summed E-state index contributed by atoms with van der Waals surface area (Å²) in [5, 5.41) is 0. The van der Waals surface area contributed by atoms with Crippen LogP contribution in [0.15, 0.2) is 64.2 Å². The van der Waals surface area contributed by atoms with Crippen LogP contribution in [0.25, 0.3) is 0 Å². The Kier molecular flexibility index (Phi) is 3.27. The van der Waals surface area contributed by atoms with Crippen LogP contribution >= 0.6 is 0 Å². The van der Waals surface area contributed by atoms with E-state index in [1.807, 2.05) is 29.2 Å². The predicted molar refractivity (Wildman–Crippen MR) is 69.3 cm³/mol. The summed E-state index contributed by atoms with van der Waals surface area (Å²) in [5.74, 6) is 2.53. The summed E-state index contributed by atoms with van der Waals surface area (Å²) in [6.07, 6.45) is 8.38. The Labute approximate surface area is 110 Å². The molecule has 3 heterocycles. The second kappa shape index (κ2) is 5.39. The van der Waals surface area contributed by atoms with Crippen molar-refractivity contribution in [3.63, 3.8) is 0 Å². The van der Waals surface area contributed by atoms with E-state index >= 15 is 0 Å². The first kappa shape index (κ1) is 11.5. The van der Waals surface area contributed by atoms with E-state index in [9.17, 15) is 0 Å². The standard InChI is InChI=1S/C14H13N3O2/c1-3-12(18-7-1)10-17(11-13-4-2-8-19-13)14-9-15-5-6-16-14/h1-9H,10-11H2. The Balaban J connectivity index is 1.83. The van der Waals surface area contributed by atoms with Crippen LogP contribution in [0.4, 0.5) is 5.82 Å². The fourth-order valence-electron chi connectivity index (χ4n) is 1.85. The maximum atomic E-state index is 5.38. The van der Waals surface area contributed by atoms with Crippen molar-refractivity contribution in [3.05, 3.63) is 66.9 Å². The zero-order valence-electron chi connectivity index (χ0n) is 10.3. The lowest BCUT2D eigenvalue weighted by molar-refractivity contribution is 0.475. The van der Waals surface area contributed by atoms with E-state index in [4.69, 9.17) is 8.83 Å². The van der Waals surface area contributed by atoms with Gasteiger partial charge in [-0.15, -0.1) is 0 Å². The van der Waals surface area contributed by atoms with Gasteiger partial charge in [-0.1, -0.05) is 0 Å². The lowest BCUT2D eigenvalue weighted by Gasteiger charge is -2.20. The summed E-state index contributed by atoms with van der Waals surface area (Å²) in [5.41, 5.74) is 0. The summed E-state index contributed by atoms with van der Waals surface area (Å²) in [6, 6.07) is 7.62. The van der Waals surface area contributed by atoms with Crippen LogP contribution in [-0.4, -0.2) is 9.97 Å². The van der Waals surface area contributed by atoms with Crippen molar-refractivity contribution >= 4 is 5.82 Å². The van der Waals surface area contributed by atoms with Crippen LogP contribution in [0.1, 0.15) is 11.5 Å². The highest BCUT2D eigenvalue weighted by Gasteiger charge is 2.12. The fourth-order valence-corrected chi connectivity index (χ4v) is 1.85. The molecule has 3 aromatic rings. The van der Waals surface area contributed by atoms with E-state index in [1.165, 1.54) is 0 Å². The Morgan fingerprint density at radius 2 is 1.63 bits per heavy atom.